The van der Waals surface area contributed by atoms with Crippen LogP contribution < -0.4 is 5.32 Å². The number of amides is 2. The van der Waals surface area contributed by atoms with Crippen molar-refractivity contribution in [1.82, 2.24) is 30.1 Å². The van der Waals surface area contributed by atoms with Gasteiger partial charge in [0.1, 0.15) is 0 Å². The summed E-state index contributed by atoms with van der Waals surface area (Å²) in [6.07, 6.45) is -3.50. The van der Waals surface area contributed by atoms with E-state index >= 15 is 0 Å². The quantitative estimate of drug-likeness (QED) is 0.420. The van der Waals surface area contributed by atoms with Crippen LogP contribution >= 0.6 is 0 Å². The fourth-order valence-electron chi connectivity index (χ4n) is 4.76. The first kappa shape index (κ1) is 25.4. The third-order valence-electron chi connectivity index (χ3n) is 6.81. The molecule has 5 rings (SSSR count). The van der Waals surface area contributed by atoms with Crippen LogP contribution in [0.4, 0.5) is 13.2 Å². The Morgan fingerprint density at radius 3 is 2.61 bits per heavy atom. The molecule has 0 bridgehead atoms. The highest BCUT2D eigenvalue weighted by atomic mass is 19.4. The first-order chi connectivity index (χ1) is 18.1. The molecule has 3 heterocycles. The number of carbonyl (C=O) groups is 2. The van der Waals surface area contributed by atoms with E-state index in [9.17, 15) is 22.8 Å². The van der Waals surface area contributed by atoms with Crippen LogP contribution in [0.5, 0.6) is 0 Å². The highest BCUT2D eigenvalue weighted by Gasteiger charge is 2.35. The molecule has 9 nitrogen and oxygen atoms in total. The highest BCUT2D eigenvalue weighted by molar-refractivity contribution is 5.97. The number of nitrogens with one attached hydrogen (secondary N) is 1. The van der Waals surface area contributed by atoms with E-state index in [2.05, 4.69) is 20.6 Å². The van der Waals surface area contributed by atoms with Crippen molar-refractivity contribution >= 4 is 22.7 Å². The lowest BCUT2D eigenvalue weighted by Crippen LogP contribution is -2.44. The van der Waals surface area contributed by atoms with Crippen LogP contribution in [0.25, 0.3) is 22.3 Å². The molecule has 2 amide bonds. The average molecular weight is 527 g/mol. The van der Waals surface area contributed by atoms with Gasteiger partial charge in [-0.2, -0.15) is 23.3 Å². The average Bonchev–Trinajstić information content (AvgIpc) is 3.51. The van der Waals surface area contributed by atoms with Crippen molar-refractivity contribution in [3.63, 3.8) is 0 Å². The summed E-state index contributed by atoms with van der Waals surface area (Å²) < 4.78 is 46.9. The lowest BCUT2D eigenvalue weighted by molar-refractivity contribution is -0.137. The van der Waals surface area contributed by atoms with Gasteiger partial charge in [0.25, 0.3) is 5.91 Å². The number of halogens is 3. The van der Waals surface area contributed by atoms with E-state index in [-0.39, 0.29) is 11.8 Å². The van der Waals surface area contributed by atoms with E-state index < -0.39 is 29.8 Å². The predicted molar refractivity (Wildman–Crippen MR) is 131 cm³/mol. The Hall–Kier alpha value is -4.22. The number of likely N-dealkylation sites (tertiary alicyclic amines) is 1. The number of hydrogen-bond acceptors (Lipinski definition) is 6. The van der Waals surface area contributed by atoms with Crippen molar-refractivity contribution in [2.75, 3.05) is 19.6 Å². The van der Waals surface area contributed by atoms with Gasteiger partial charge in [-0.25, -0.2) is 0 Å². The van der Waals surface area contributed by atoms with Gasteiger partial charge in [0.15, 0.2) is 0 Å². The largest absolute Gasteiger partial charge is 0.417 e. The van der Waals surface area contributed by atoms with Crippen molar-refractivity contribution in [2.24, 2.45) is 7.05 Å². The van der Waals surface area contributed by atoms with E-state index in [1.54, 1.807) is 9.58 Å². The number of alkyl halides is 3. The molecule has 4 aromatic rings. The van der Waals surface area contributed by atoms with Gasteiger partial charge in [-0.1, -0.05) is 29.4 Å². The lowest BCUT2D eigenvalue weighted by Gasteiger charge is -2.30. The third kappa shape index (κ3) is 4.98. The maximum Gasteiger partial charge on any atom is 0.417 e. The zero-order chi connectivity index (χ0) is 27.0. The normalized spacial score (nSPS) is 14.7. The topological polar surface area (TPSA) is 106 Å². The summed E-state index contributed by atoms with van der Waals surface area (Å²) in [7, 11) is 1.88. The molecule has 198 valence electrons. The Morgan fingerprint density at radius 2 is 1.87 bits per heavy atom. The molecule has 0 saturated carbocycles. The number of aryl methyl sites for hydroxylation is 2. The van der Waals surface area contributed by atoms with Gasteiger partial charge in [0, 0.05) is 37.0 Å². The summed E-state index contributed by atoms with van der Waals surface area (Å²) in [5.74, 6) is -0.380. The minimum Gasteiger partial charge on any atom is -0.343 e. The van der Waals surface area contributed by atoms with E-state index in [0.717, 1.165) is 34.3 Å². The van der Waals surface area contributed by atoms with Gasteiger partial charge in [0.2, 0.25) is 17.6 Å². The SMILES string of the molecule is Cc1nn(C)c2cc(-c3noc(C4CCN(C(=O)CNC(=O)c5ccccc5C(F)(F)F)CC4)n3)ccc12. The van der Waals surface area contributed by atoms with Crippen LogP contribution in [0, 0.1) is 6.92 Å². The number of aromatic nitrogens is 4. The highest BCUT2D eigenvalue weighted by Crippen LogP contribution is 2.32. The van der Waals surface area contributed by atoms with E-state index in [1.165, 1.54) is 12.1 Å². The summed E-state index contributed by atoms with van der Waals surface area (Å²) in [5, 5.41) is 11.9. The molecule has 0 atom stereocenters. The fraction of sp³-hybridized carbons (Fsp3) is 0.346. The lowest BCUT2D eigenvalue weighted by atomic mass is 9.96. The zero-order valence-electron chi connectivity index (χ0n) is 20.7. The number of fused-ring (bicyclic) bond motifs is 1. The molecule has 12 heteroatoms. The molecule has 1 saturated heterocycles. The van der Waals surface area contributed by atoms with E-state index in [4.69, 9.17) is 4.52 Å². The second-order valence-electron chi connectivity index (χ2n) is 9.28. The van der Waals surface area contributed by atoms with Crippen molar-refractivity contribution in [3.05, 3.63) is 65.2 Å². The molecule has 0 aliphatic carbocycles. The maximum absolute atomic E-state index is 13.2. The molecule has 0 unspecified atom stereocenters. The summed E-state index contributed by atoms with van der Waals surface area (Å²) >= 11 is 0. The minimum absolute atomic E-state index is 0.0313. The Balaban J connectivity index is 1.17. The Bertz CT molecular complexity index is 1500. The number of piperidine rings is 1. The first-order valence-corrected chi connectivity index (χ1v) is 12.1. The molecule has 1 fully saturated rings. The van der Waals surface area contributed by atoms with Gasteiger partial charge < -0.3 is 14.7 Å². The zero-order valence-corrected chi connectivity index (χ0v) is 20.7. The molecule has 1 N–H and O–H groups in total. The van der Waals surface area contributed by atoms with Crippen LogP contribution in [0.2, 0.25) is 0 Å². The Labute approximate surface area is 215 Å². The van der Waals surface area contributed by atoms with E-state index in [0.29, 0.717) is 37.6 Å². The molecular weight excluding hydrogens is 501 g/mol. The molecule has 1 aliphatic rings. The molecular formula is C26H25F3N6O3. The summed E-state index contributed by atoms with van der Waals surface area (Å²) in [6.45, 7) is 2.36. The number of rotatable bonds is 5. The van der Waals surface area contributed by atoms with Crippen LogP contribution in [-0.2, 0) is 18.0 Å². The van der Waals surface area contributed by atoms with Crippen molar-refractivity contribution in [2.45, 2.75) is 31.9 Å². The van der Waals surface area contributed by atoms with Gasteiger partial charge in [-0.3, -0.25) is 14.3 Å². The van der Waals surface area contributed by atoms with Gasteiger partial charge in [-0.05, 0) is 38.0 Å². The number of benzene rings is 2. The standard InChI is InChI=1S/C26H25F3N6O3/c1-15-18-8-7-17(13-21(18)34(2)32-15)23-31-25(38-33-23)16-9-11-35(12-10-16)22(36)14-30-24(37)19-5-3-4-6-20(19)26(27,28)29/h3-8,13,16H,9-12,14H2,1-2H3,(H,30,37). The van der Waals surface area contributed by atoms with E-state index in [1.807, 2.05) is 32.2 Å². The van der Waals surface area contributed by atoms with Gasteiger partial charge in [-0.15, -0.1) is 0 Å². The predicted octanol–water partition coefficient (Wildman–Crippen LogP) is 4.09. The number of hydrogen-bond donors (Lipinski definition) is 1. The van der Waals surface area contributed by atoms with Crippen LogP contribution in [0.3, 0.4) is 0 Å². The van der Waals surface area contributed by atoms with Crippen LogP contribution in [-0.4, -0.2) is 56.3 Å². The summed E-state index contributed by atoms with van der Waals surface area (Å²) in [6, 6.07) is 10.3. The number of nitrogens with zero attached hydrogens (tertiary/aromatic N) is 5. The summed E-state index contributed by atoms with van der Waals surface area (Å²) in [4.78, 5) is 31.1. The fourth-order valence-corrected chi connectivity index (χ4v) is 4.76. The minimum atomic E-state index is -4.67. The van der Waals surface area contributed by atoms with Crippen LogP contribution in [0.15, 0.2) is 47.0 Å². The number of carbonyl (C=O) groups excluding carboxylic acids is 2. The monoisotopic (exact) mass is 526 g/mol. The summed E-state index contributed by atoms with van der Waals surface area (Å²) in [5.41, 5.74) is 1.16. The van der Waals surface area contributed by atoms with Crippen molar-refractivity contribution in [3.8, 4) is 11.4 Å². The van der Waals surface area contributed by atoms with Crippen molar-refractivity contribution in [1.29, 1.82) is 0 Å². The van der Waals surface area contributed by atoms with Gasteiger partial charge in [0.05, 0.1) is 28.9 Å². The Kier molecular flexibility index (Phi) is 6.64. The smallest absolute Gasteiger partial charge is 0.343 e. The third-order valence-corrected chi connectivity index (χ3v) is 6.81. The van der Waals surface area contributed by atoms with Gasteiger partial charge >= 0.3 is 6.18 Å². The maximum atomic E-state index is 13.2. The van der Waals surface area contributed by atoms with Crippen LogP contribution in [0.1, 0.15) is 46.3 Å². The molecule has 0 radical (unpaired) electrons. The first-order valence-electron chi connectivity index (χ1n) is 12.1. The molecule has 38 heavy (non-hydrogen) atoms. The molecule has 0 spiro atoms. The second kappa shape index (κ2) is 9.92. The Morgan fingerprint density at radius 1 is 1.13 bits per heavy atom. The second-order valence-corrected chi connectivity index (χ2v) is 9.28. The molecule has 1 aliphatic heterocycles. The molecule has 2 aromatic carbocycles. The van der Waals surface area contributed by atoms with Crippen molar-refractivity contribution < 1.29 is 27.3 Å². The molecule has 2 aromatic heterocycles.